The first-order valence-corrected chi connectivity index (χ1v) is 6.99. The minimum absolute atomic E-state index is 0.122. The van der Waals surface area contributed by atoms with Crippen molar-refractivity contribution in [3.63, 3.8) is 0 Å². The molecule has 1 N–H and O–H groups in total. The van der Waals surface area contributed by atoms with Crippen molar-refractivity contribution < 1.29 is 9.84 Å². The van der Waals surface area contributed by atoms with Crippen molar-refractivity contribution in [2.45, 2.75) is 38.0 Å². The summed E-state index contributed by atoms with van der Waals surface area (Å²) in [6.07, 6.45) is 2.52. The van der Waals surface area contributed by atoms with E-state index in [2.05, 4.69) is 31.0 Å². The molecule has 1 aromatic rings. The van der Waals surface area contributed by atoms with Crippen molar-refractivity contribution in [3.05, 3.63) is 40.5 Å². The van der Waals surface area contributed by atoms with Crippen LogP contribution in [0.4, 0.5) is 0 Å². The van der Waals surface area contributed by atoms with Gasteiger partial charge in [-0.2, -0.15) is 0 Å². The van der Waals surface area contributed by atoms with Crippen LogP contribution in [0.1, 0.15) is 29.0 Å². The standard InChI is InChI=1S/C16H19NO2/c1-9-3-4-10-7-17(2)8-11-5-12(18)6-13-14(11)15(10)16(9)19-13/h3-5,12-14,18H,6-8H2,1-2H3. The summed E-state index contributed by atoms with van der Waals surface area (Å²) in [6.45, 7) is 4.00. The van der Waals surface area contributed by atoms with Crippen LogP contribution in [0.25, 0.3) is 0 Å². The van der Waals surface area contributed by atoms with Crippen molar-refractivity contribution in [2.75, 3.05) is 13.6 Å². The van der Waals surface area contributed by atoms with Gasteiger partial charge in [-0.1, -0.05) is 18.2 Å². The quantitative estimate of drug-likeness (QED) is 0.721. The highest BCUT2D eigenvalue weighted by atomic mass is 16.5. The number of aryl methyl sites for hydroxylation is 1. The molecule has 3 aliphatic rings. The first-order chi connectivity index (χ1) is 9.13. The van der Waals surface area contributed by atoms with Gasteiger partial charge in [-0.25, -0.2) is 0 Å². The van der Waals surface area contributed by atoms with Crippen molar-refractivity contribution >= 4 is 0 Å². The van der Waals surface area contributed by atoms with Crippen LogP contribution in [-0.4, -0.2) is 35.8 Å². The Morgan fingerprint density at radius 1 is 1.32 bits per heavy atom. The predicted octanol–water partition coefficient (Wildman–Crippen LogP) is 1.98. The maximum Gasteiger partial charge on any atom is 0.126 e. The SMILES string of the molecule is Cc1ccc2c3c1OC1CC(O)C=C(CN(C)C2)C31. The minimum Gasteiger partial charge on any atom is -0.489 e. The fraction of sp³-hybridized carbons (Fsp3) is 0.500. The normalized spacial score (nSPS) is 32.4. The third-order valence-electron chi connectivity index (χ3n) is 4.61. The molecule has 100 valence electrons. The van der Waals surface area contributed by atoms with Crippen LogP contribution >= 0.6 is 0 Å². The monoisotopic (exact) mass is 257 g/mol. The average Bonchev–Trinajstić information content (AvgIpc) is 2.65. The zero-order valence-electron chi connectivity index (χ0n) is 11.4. The third-order valence-corrected chi connectivity index (χ3v) is 4.61. The third kappa shape index (κ3) is 1.58. The van der Waals surface area contributed by atoms with Crippen molar-refractivity contribution in [3.8, 4) is 5.75 Å². The highest BCUT2D eigenvalue weighted by molar-refractivity contribution is 5.56. The van der Waals surface area contributed by atoms with Gasteiger partial charge in [0.2, 0.25) is 0 Å². The molecule has 1 aliphatic carbocycles. The van der Waals surface area contributed by atoms with E-state index in [1.807, 2.05) is 6.08 Å². The maximum atomic E-state index is 10.0. The summed E-state index contributed by atoms with van der Waals surface area (Å²) in [5.74, 6) is 1.43. The zero-order valence-corrected chi connectivity index (χ0v) is 11.4. The first-order valence-electron chi connectivity index (χ1n) is 6.99. The molecule has 0 bridgehead atoms. The van der Waals surface area contributed by atoms with Gasteiger partial charge in [-0.15, -0.1) is 0 Å². The largest absolute Gasteiger partial charge is 0.489 e. The lowest BCUT2D eigenvalue weighted by molar-refractivity contribution is 0.113. The fourth-order valence-corrected chi connectivity index (χ4v) is 3.86. The molecular weight excluding hydrogens is 238 g/mol. The van der Waals surface area contributed by atoms with Crippen LogP contribution < -0.4 is 4.74 Å². The molecule has 0 fully saturated rings. The number of aliphatic hydroxyl groups is 1. The number of hydrogen-bond donors (Lipinski definition) is 1. The van der Waals surface area contributed by atoms with Crippen LogP contribution in [0.3, 0.4) is 0 Å². The smallest absolute Gasteiger partial charge is 0.126 e. The summed E-state index contributed by atoms with van der Waals surface area (Å²) in [7, 11) is 2.14. The Labute approximate surface area is 113 Å². The van der Waals surface area contributed by atoms with E-state index in [9.17, 15) is 5.11 Å². The van der Waals surface area contributed by atoms with Gasteiger partial charge < -0.3 is 9.84 Å². The highest BCUT2D eigenvalue weighted by Gasteiger charge is 2.44. The number of hydrogen-bond acceptors (Lipinski definition) is 3. The van der Waals surface area contributed by atoms with Gasteiger partial charge in [-0.05, 0) is 30.7 Å². The van der Waals surface area contributed by atoms with Gasteiger partial charge >= 0.3 is 0 Å². The molecule has 2 heterocycles. The molecular formula is C16H19NO2. The molecule has 3 unspecified atom stereocenters. The van der Waals surface area contributed by atoms with E-state index in [0.717, 1.165) is 18.8 Å². The number of aliphatic hydroxyl groups excluding tert-OH is 1. The second kappa shape index (κ2) is 3.84. The predicted molar refractivity (Wildman–Crippen MR) is 73.4 cm³/mol. The summed E-state index contributed by atoms with van der Waals surface area (Å²) in [5.41, 5.74) is 5.31. The molecule has 19 heavy (non-hydrogen) atoms. The van der Waals surface area contributed by atoms with Gasteiger partial charge in [0.1, 0.15) is 11.9 Å². The number of benzene rings is 1. The fourth-order valence-electron chi connectivity index (χ4n) is 3.86. The molecule has 0 spiro atoms. The molecule has 0 amide bonds. The van der Waals surface area contributed by atoms with Crippen LogP contribution in [0.2, 0.25) is 0 Å². The van der Waals surface area contributed by atoms with Crippen molar-refractivity contribution in [2.24, 2.45) is 0 Å². The molecule has 0 saturated heterocycles. The summed E-state index contributed by atoms with van der Waals surface area (Å²) in [4.78, 5) is 2.32. The Bertz CT molecular complexity index is 578. The molecule has 2 aliphatic heterocycles. The van der Waals surface area contributed by atoms with Gasteiger partial charge in [0.25, 0.3) is 0 Å². The van der Waals surface area contributed by atoms with E-state index in [4.69, 9.17) is 4.74 Å². The van der Waals surface area contributed by atoms with E-state index in [1.54, 1.807) is 0 Å². The molecule has 3 heteroatoms. The zero-order chi connectivity index (χ0) is 13.1. The summed E-state index contributed by atoms with van der Waals surface area (Å²) >= 11 is 0. The lowest BCUT2D eigenvalue weighted by Crippen LogP contribution is -2.32. The van der Waals surface area contributed by atoms with Gasteiger partial charge in [-0.3, -0.25) is 4.90 Å². The minimum atomic E-state index is -0.360. The number of ether oxygens (including phenoxy) is 1. The number of rotatable bonds is 0. The van der Waals surface area contributed by atoms with Crippen LogP contribution in [0, 0.1) is 6.92 Å². The van der Waals surface area contributed by atoms with Crippen LogP contribution in [-0.2, 0) is 6.54 Å². The van der Waals surface area contributed by atoms with E-state index in [0.29, 0.717) is 12.3 Å². The Morgan fingerprint density at radius 2 is 2.16 bits per heavy atom. The molecule has 0 radical (unpaired) electrons. The van der Waals surface area contributed by atoms with E-state index < -0.39 is 0 Å². The van der Waals surface area contributed by atoms with Gasteiger partial charge in [0.15, 0.2) is 0 Å². The Hall–Kier alpha value is -1.32. The maximum absolute atomic E-state index is 10.0. The van der Waals surface area contributed by atoms with E-state index >= 15 is 0 Å². The lowest BCUT2D eigenvalue weighted by Gasteiger charge is -2.29. The highest BCUT2D eigenvalue weighted by Crippen LogP contribution is 2.50. The second-order valence-corrected chi connectivity index (χ2v) is 6.14. The van der Waals surface area contributed by atoms with Crippen molar-refractivity contribution in [1.29, 1.82) is 0 Å². The average molecular weight is 257 g/mol. The summed E-state index contributed by atoms with van der Waals surface area (Å²) in [5, 5.41) is 10.0. The molecule has 3 atom stereocenters. The molecule has 3 nitrogen and oxygen atoms in total. The van der Waals surface area contributed by atoms with Crippen LogP contribution in [0.15, 0.2) is 23.8 Å². The van der Waals surface area contributed by atoms with Gasteiger partial charge in [0, 0.05) is 31.0 Å². The molecule has 4 rings (SSSR count). The summed E-state index contributed by atoms with van der Waals surface area (Å²) < 4.78 is 6.17. The van der Waals surface area contributed by atoms with Gasteiger partial charge in [0.05, 0.1) is 6.10 Å². The number of nitrogens with zero attached hydrogens (tertiary/aromatic N) is 1. The molecule has 1 aromatic carbocycles. The van der Waals surface area contributed by atoms with Crippen LogP contribution in [0.5, 0.6) is 5.75 Å². The topological polar surface area (TPSA) is 32.7 Å². The molecule has 0 aromatic heterocycles. The first kappa shape index (κ1) is 11.5. The van der Waals surface area contributed by atoms with E-state index in [-0.39, 0.29) is 12.2 Å². The second-order valence-electron chi connectivity index (χ2n) is 6.14. The Morgan fingerprint density at radius 3 is 3.00 bits per heavy atom. The molecule has 0 saturated carbocycles. The Kier molecular flexibility index (Phi) is 2.32. The lowest BCUT2D eigenvalue weighted by atomic mass is 9.79. The Balaban J connectivity index is 1.95. The van der Waals surface area contributed by atoms with E-state index in [1.165, 1.54) is 22.3 Å². The summed E-state index contributed by atoms with van der Waals surface area (Å²) in [6, 6.07) is 4.40. The van der Waals surface area contributed by atoms with Crippen molar-refractivity contribution in [1.82, 2.24) is 4.90 Å². The number of likely N-dealkylation sites (N-methyl/N-ethyl adjacent to an activating group) is 1.